The van der Waals surface area contributed by atoms with Gasteiger partial charge < -0.3 is 9.84 Å². The van der Waals surface area contributed by atoms with Crippen LogP contribution in [0.5, 0.6) is 0 Å². The van der Waals surface area contributed by atoms with E-state index in [1.807, 2.05) is 25.3 Å². The summed E-state index contributed by atoms with van der Waals surface area (Å²) >= 11 is 1.57. The quantitative estimate of drug-likeness (QED) is 0.707. The summed E-state index contributed by atoms with van der Waals surface area (Å²) < 4.78 is 7.21. The Balaban J connectivity index is 1.68. The van der Waals surface area contributed by atoms with E-state index in [1.165, 1.54) is 0 Å². The van der Waals surface area contributed by atoms with Crippen molar-refractivity contribution in [3.05, 3.63) is 58.1 Å². The van der Waals surface area contributed by atoms with Gasteiger partial charge in [0, 0.05) is 18.2 Å². The molecule has 0 fully saturated rings. The molecule has 0 radical (unpaired) electrons. The van der Waals surface area contributed by atoms with E-state index < -0.39 is 6.10 Å². The van der Waals surface area contributed by atoms with E-state index in [-0.39, 0.29) is 6.10 Å². The molecule has 126 valence electrons. The van der Waals surface area contributed by atoms with Crippen LogP contribution < -0.4 is 0 Å². The summed E-state index contributed by atoms with van der Waals surface area (Å²) in [7, 11) is 0. The number of aliphatic hydroxyl groups is 1. The van der Waals surface area contributed by atoms with Crippen LogP contribution in [0.4, 0.5) is 0 Å². The van der Waals surface area contributed by atoms with Crippen LogP contribution in [0.2, 0.25) is 0 Å². The van der Waals surface area contributed by atoms with Crippen molar-refractivity contribution in [2.75, 3.05) is 6.61 Å². The van der Waals surface area contributed by atoms with Gasteiger partial charge in [0.1, 0.15) is 22.9 Å². The molecule has 1 N–H and O–H groups in total. The average molecular weight is 345 g/mol. The lowest BCUT2D eigenvalue weighted by molar-refractivity contribution is 0.0761. The molecule has 2 atom stereocenters. The molecule has 8 heteroatoms. The number of rotatable bonds is 7. The Kier molecular flexibility index (Phi) is 5.29. The minimum absolute atomic E-state index is 0.00830. The first-order valence-electron chi connectivity index (χ1n) is 7.72. The first-order valence-corrected chi connectivity index (χ1v) is 8.60. The second-order valence-electron chi connectivity index (χ2n) is 5.27. The van der Waals surface area contributed by atoms with Crippen LogP contribution in [0.15, 0.2) is 36.0 Å². The lowest BCUT2D eigenvalue weighted by Crippen LogP contribution is -2.03. The van der Waals surface area contributed by atoms with Crippen molar-refractivity contribution in [2.45, 2.75) is 32.6 Å². The molecule has 3 heterocycles. The molecule has 7 nitrogen and oxygen atoms in total. The van der Waals surface area contributed by atoms with Crippen LogP contribution in [0.25, 0.3) is 0 Å². The third-order valence-corrected chi connectivity index (χ3v) is 4.52. The zero-order valence-electron chi connectivity index (χ0n) is 13.5. The van der Waals surface area contributed by atoms with Gasteiger partial charge in [-0.3, -0.25) is 4.98 Å². The molecule has 3 aromatic rings. The number of ether oxygens (including phenoxy) is 1. The highest BCUT2D eigenvalue weighted by atomic mass is 32.1. The highest BCUT2D eigenvalue weighted by molar-refractivity contribution is 7.09. The smallest absolute Gasteiger partial charge is 0.141 e. The standard InChI is InChI=1S/C16H19N5O2S/c1-3-23-11(2)16-18-12(10-24-16)8-21-9-14(19-20-21)15(22)13-6-4-5-7-17-13/h4-7,9-11,15,22H,3,8H2,1-2H3. The maximum absolute atomic E-state index is 10.3. The SMILES string of the molecule is CCOC(C)c1nc(Cn2cc(C(O)c3ccccn3)nn2)cs1. The molecule has 24 heavy (non-hydrogen) atoms. The molecule has 0 spiro atoms. The van der Waals surface area contributed by atoms with Gasteiger partial charge in [-0.2, -0.15) is 0 Å². The predicted octanol–water partition coefficient (Wildman–Crippen LogP) is 2.36. The van der Waals surface area contributed by atoms with E-state index in [0.717, 1.165) is 10.7 Å². The third-order valence-electron chi connectivity index (χ3n) is 3.46. The van der Waals surface area contributed by atoms with Gasteiger partial charge in [-0.25, -0.2) is 9.67 Å². The molecule has 0 saturated heterocycles. The average Bonchev–Trinajstić information content (AvgIpc) is 3.25. The van der Waals surface area contributed by atoms with Gasteiger partial charge in [0.25, 0.3) is 0 Å². The Morgan fingerprint density at radius 1 is 1.33 bits per heavy atom. The fourth-order valence-electron chi connectivity index (χ4n) is 2.27. The topological polar surface area (TPSA) is 86.0 Å². The second-order valence-corrected chi connectivity index (χ2v) is 6.16. The second kappa shape index (κ2) is 7.61. The first-order chi connectivity index (χ1) is 11.7. The Labute approximate surface area is 144 Å². The molecule has 0 saturated carbocycles. The number of aliphatic hydroxyl groups excluding tert-OH is 1. The monoisotopic (exact) mass is 345 g/mol. The zero-order valence-corrected chi connectivity index (χ0v) is 14.3. The Morgan fingerprint density at radius 3 is 2.96 bits per heavy atom. The molecule has 0 aromatic carbocycles. The van der Waals surface area contributed by atoms with Gasteiger partial charge in [-0.05, 0) is 26.0 Å². The van der Waals surface area contributed by atoms with Crippen molar-refractivity contribution >= 4 is 11.3 Å². The summed E-state index contributed by atoms with van der Waals surface area (Å²) in [4.78, 5) is 8.70. The maximum Gasteiger partial charge on any atom is 0.141 e. The Bertz CT molecular complexity index is 774. The van der Waals surface area contributed by atoms with Crippen molar-refractivity contribution < 1.29 is 9.84 Å². The molecule has 0 bridgehead atoms. The number of nitrogens with zero attached hydrogens (tertiary/aromatic N) is 5. The summed E-state index contributed by atoms with van der Waals surface area (Å²) in [5.41, 5.74) is 1.91. The maximum atomic E-state index is 10.3. The third kappa shape index (κ3) is 3.84. The van der Waals surface area contributed by atoms with Crippen molar-refractivity contribution in [2.24, 2.45) is 0 Å². The number of pyridine rings is 1. The van der Waals surface area contributed by atoms with E-state index in [0.29, 0.717) is 24.5 Å². The van der Waals surface area contributed by atoms with Crippen LogP contribution in [0, 0.1) is 0 Å². The van der Waals surface area contributed by atoms with Crippen LogP contribution in [0.1, 0.15) is 48.1 Å². The fourth-order valence-corrected chi connectivity index (χ4v) is 3.09. The molecule has 3 rings (SSSR count). The molecular formula is C16H19N5O2S. The van der Waals surface area contributed by atoms with Crippen LogP contribution in [0.3, 0.4) is 0 Å². The van der Waals surface area contributed by atoms with Crippen molar-refractivity contribution in [1.29, 1.82) is 0 Å². The minimum atomic E-state index is -0.885. The largest absolute Gasteiger partial charge is 0.380 e. The molecule has 3 aromatic heterocycles. The van der Waals surface area contributed by atoms with Gasteiger partial charge in [-0.15, -0.1) is 16.4 Å². The summed E-state index contributed by atoms with van der Waals surface area (Å²) in [5, 5.41) is 21.3. The van der Waals surface area contributed by atoms with E-state index >= 15 is 0 Å². The van der Waals surface area contributed by atoms with Gasteiger partial charge >= 0.3 is 0 Å². The number of hydrogen-bond donors (Lipinski definition) is 1. The van der Waals surface area contributed by atoms with E-state index in [1.54, 1.807) is 40.5 Å². The molecule has 0 aliphatic heterocycles. The first kappa shape index (κ1) is 16.7. The van der Waals surface area contributed by atoms with E-state index in [2.05, 4.69) is 20.3 Å². The summed E-state index contributed by atoms with van der Waals surface area (Å²) in [6.45, 7) is 5.11. The van der Waals surface area contributed by atoms with Gasteiger partial charge in [0.2, 0.25) is 0 Å². The summed E-state index contributed by atoms with van der Waals surface area (Å²) in [6, 6.07) is 5.38. The number of thiazole rings is 1. The molecule has 0 amide bonds. The predicted molar refractivity (Wildman–Crippen MR) is 89.6 cm³/mol. The van der Waals surface area contributed by atoms with Gasteiger partial charge in [0.05, 0.1) is 24.1 Å². The fraction of sp³-hybridized carbons (Fsp3) is 0.375. The van der Waals surface area contributed by atoms with Crippen molar-refractivity contribution in [3.8, 4) is 0 Å². The molecular weight excluding hydrogens is 326 g/mol. The van der Waals surface area contributed by atoms with Crippen LogP contribution in [-0.2, 0) is 11.3 Å². The Hall–Kier alpha value is -2.16. The normalized spacial score (nSPS) is 13.8. The van der Waals surface area contributed by atoms with Gasteiger partial charge in [-0.1, -0.05) is 11.3 Å². The lowest BCUT2D eigenvalue weighted by atomic mass is 10.2. The van der Waals surface area contributed by atoms with Crippen LogP contribution in [-0.4, -0.2) is 36.7 Å². The number of aromatic nitrogens is 5. The molecule has 0 aliphatic carbocycles. The highest BCUT2D eigenvalue weighted by Crippen LogP contribution is 2.22. The van der Waals surface area contributed by atoms with Gasteiger partial charge in [0.15, 0.2) is 0 Å². The highest BCUT2D eigenvalue weighted by Gasteiger charge is 2.16. The molecule has 0 aliphatic rings. The number of hydrogen-bond acceptors (Lipinski definition) is 7. The summed E-state index contributed by atoms with van der Waals surface area (Å²) in [5.74, 6) is 0. The van der Waals surface area contributed by atoms with Crippen LogP contribution >= 0.6 is 11.3 Å². The zero-order chi connectivity index (χ0) is 16.9. The lowest BCUT2D eigenvalue weighted by Gasteiger charge is -2.07. The van der Waals surface area contributed by atoms with Crippen molar-refractivity contribution in [1.82, 2.24) is 25.0 Å². The summed E-state index contributed by atoms with van der Waals surface area (Å²) in [6.07, 6.45) is 2.46. The van der Waals surface area contributed by atoms with Crippen molar-refractivity contribution in [3.63, 3.8) is 0 Å². The molecule has 2 unspecified atom stereocenters. The van der Waals surface area contributed by atoms with E-state index in [9.17, 15) is 5.11 Å². The Morgan fingerprint density at radius 2 is 2.21 bits per heavy atom. The van der Waals surface area contributed by atoms with E-state index in [4.69, 9.17) is 4.74 Å². The minimum Gasteiger partial charge on any atom is -0.380 e.